The second kappa shape index (κ2) is 9.20. The fourth-order valence-electron chi connectivity index (χ4n) is 4.42. The number of carbonyl (C=O) groups excluding carboxylic acids is 2. The van der Waals surface area contributed by atoms with Crippen LogP contribution >= 0.6 is 0 Å². The molecule has 2 atom stereocenters. The fourth-order valence-corrected chi connectivity index (χ4v) is 4.42. The van der Waals surface area contributed by atoms with Crippen molar-refractivity contribution in [2.45, 2.75) is 70.3 Å². The molecule has 3 rings (SSSR count). The highest BCUT2D eigenvalue weighted by molar-refractivity contribution is 5.85. The van der Waals surface area contributed by atoms with Crippen molar-refractivity contribution in [3.05, 3.63) is 35.9 Å². The molecule has 0 radical (unpaired) electrons. The van der Waals surface area contributed by atoms with E-state index in [-0.39, 0.29) is 23.7 Å². The number of likely N-dealkylation sites (tertiary alicyclic amines) is 1. The van der Waals surface area contributed by atoms with Crippen LogP contribution in [0.25, 0.3) is 0 Å². The molecule has 1 saturated heterocycles. The van der Waals surface area contributed by atoms with Gasteiger partial charge in [0, 0.05) is 19.1 Å². The standard InChI is InChI=1S/C22H32N2O2/c1-2-20(17-10-5-3-6-11-17)22(26)24-15-9-12-18(16-24)21(25)23-19-13-7-4-8-14-19/h3,5-6,10-11,18-20H,2,4,7-9,12-16H2,1H3,(H,23,25). The molecule has 1 aromatic rings. The zero-order valence-electron chi connectivity index (χ0n) is 16.0. The summed E-state index contributed by atoms with van der Waals surface area (Å²) in [5, 5.41) is 3.25. The highest BCUT2D eigenvalue weighted by atomic mass is 16.2. The molecular weight excluding hydrogens is 324 g/mol. The maximum Gasteiger partial charge on any atom is 0.230 e. The summed E-state index contributed by atoms with van der Waals surface area (Å²) in [5.74, 6) is 0.176. The molecule has 2 unspecified atom stereocenters. The van der Waals surface area contributed by atoms with Crippen LogP contribution in [0.5, 0.6) is 0 Å². The summed E-state index contributed by atoms with van der Waals surface area (Å²) in [6.45, 7) is 3.41. The van der Waals surface area contributed by atoms with Crippen molar-refractivity contribution in [2.75, 3.05) is 13.1 Å². The lowest BCUT2D eigenvalue weighted by Crippen LogP contribution is -2.48. The Morgan fingerprint density at radius 1 is 1.08 bits per heavy atom. The van der Waals surface area contributed by atoms with Crippen LogP contribution in [-0.4, -0.2) is 35.8 Å². The molecule has 2 amide bonds. The molecule has 4 heteroatoms. The van der Waals surface area contributed by atoms with Crippen molar-refractivity contribution in [1.82, 2.24) is 10.2 Å². The normalized spacial score (nSPS) is 22.7. The zero-order valence-corrected chi connectivity index (χ0v) is 16.0. The maximum atomic E-state index is 13.1. The topological polar surface area (TPSA) is 49.4 Å². The van der Waals surface area contributed by atoms with Gasteiger partial charge in [-0.1, -0.05) is 56.5 Å². The monoisotopic (exact) mass is 356 g/mol. The van der Waals surface area contributed by atoms with Gasteiger partial charge in [-0.05, 0) is 37.7 Å². The van der Waals surface area contributed by atoms with Crippen molar-refractivity contribution in [2.24, 2.45) is 5.92 Å². The Bertz CT molecular complexity index is 595. The van der Waals surface area contributed by atoms with Crippen LogP contribution in [0, 0.1) is 5.92 Å². The zero-order chi connectivity index (χ0) is 18.4. The molecule has 1 aromatic carbocycles. The number of piperidine rings is 1. The van der Waals surface area contributed by atoms with E-state index in [4.69, 9.17) is 0 Å². The van der Waals surface area contributed by atoms with Crippen molar-refractivity contribution < 1.29 is 9.59 Å². The second-order valence-electron chi connectivity index (χ2n) is 7.84. The van der Waals surface area contributed by atoms with E-state index < -0.39 is 0 Å². The lowest BCUT2D eigenvalue weighted by atomic mass is 9.91. The van der Waals surface area contributed by atoms with Crippen LogP contribution in [0.3, 0.4) is 0 Å². The molecule has 1 N–H and O–H groups in total. The predicted molar refractivity (Wildman–Crippen MR) is 104 cm³/mol. The van der Waals surface area contributed by atoms with Crippen LogP contribution in [0.4, 0.5) is 0 Å². The van der Waals surface area contributed by atoms with Gasteiger partial charge in [-0.3, -0.25) is 9.59 Å². The maximum absolute atomic E-state index is 13.1. The van der Waals surface area contributed by atoms with Gasteiger partial charge in [-0.2, -0.15) is 0 Å². The average molecular weight is 357 g/mol. The third-order valence-corrected chi connectivity index (χ3v) is 5.96. The van der Waals surface area contributed by atoms with E-state index in [0.29, 0.717) is 12.6 Å². The van der Waals surface area contributed by atoms with Gasteiger partial charge in [0.05, 0.1) is 11.8 Å². The smallest absolute Gasteiger partial charge is 0.230 e. The minimum atomic E-state index is -0.101. The van der Waals surface area contributed by atoms with Crippen LogP contribution in [0.2, 0.25) is 0 Å². The van der Waals surface area contributed by atoms with Gasteiger partial charge in [-0.25, -0.2) is 0 Å². The lowest BCUT2D eigenvalue weighted by molar-refractivity contribution is -0.137. The number of nitrogens with one attached hydrogen (secondary N) is 1. The minimum absolute atomic E-state index is 0.0529. The Balaban J connectivity index is 1.60. The van der Waals surface area contributed by atoms with Crippen LogP contribution < -0.4 is 5.32 Å². The van der Waals surface area contributed by atoms with Gasteiger partial charge in [0.25, 0.3) is 0 Å². The molecule has 26 heavy (non-hydrogen) atoms. The van der Waals surface area contributed by atoms with E-state index in [1.54, 1.807) is 0 Å². The number of carbonyl (C=O) groups is 2. The number of benzene rings is 1. The number of rotatable bonds is 5. The number of hydrogen-bond donors (Lipinski definition) is 1. The first-order chi connectivity index (χ1) is 12.7. The Morgan fingerprint density at radius 2 is 1.81 bits per heavy atom. The predicted octanol–water partition coefficient (Wildman–Crippen LogP) is 3.87. The molecule has 142 valence electrons. The van der Waals surface area contributed by atoms with Gasteiger partial charge >= 0.3 is 0 Å². The highest BCUT2D eigenvalue weighted by Crippen LogP contribution is 2.26. The van der Waals surface area contributed by atoms with Gasteiger partial charge < -0.3 is 10.2 Å². The van der Waals surface area contributed by atoms with Crippen LogP contribution in [0.15, 0.2) is 30.3 Å². The highest BCUT2D eigenvalue weighted by Gasteiger charge is 2.32. The third kappa shape index (κ3) is 4.66. The van der Waals surface area contributed by atoms with E-state index in [1.165, 1.54) is 19.3 Å². The molecule has 0 aromatic heterocycles. The van der Waals surface area contributed by atoms with Crippen molar-refractivity contribution in [3.63, 3.8) is 0 Å². The van der Waals surface area contributed by atoms with E-state index in [1.807, 2.05) is 35.2 Å². The summed E-state index contributed by atoms with van der Waals surface area (Å²) >= 11 is 0. The molecule has 2 aliphatic rings. The fraction of sp³-hybridized carbons (Fsp3) is 0.636. The second-order valence-corrected chi connectivity index (χ2v) is 7.84. The first-order valence-corrected chi connectivity index (χ1v) is 10.3. The summed E-state index contributed by atoms with van der Waals surface area (Å²) in [4.78, 5) is 27.7. The summed E-state index contributed by atoms with van der Waals surface area (Å²) < 4.78 is 0. The molecule has 2 fully saturated rings. The molecule has 1 saturated carbocycles. The molecule has 1 aliphatic heterocycles. The number of nitrogens with zero attached hydrogens (tertiary/aromatic N) is 1. The lowest BCUT2D eigenvalue weighted by Gasteiger charge is -2.35. The minimum Gasteiger partial charge on any atom is -0.353 e. The Labute approximate surface area is 157 Å². The van der Waals surface area contributed by atoms with Gasteiger partial charge in [0.15, 0.2) is 0 Å². The average Bonchev–Trinajstić information content (AvgIpc) is 2.70. The summed E-state index contributed by atoms with van der Waals surface area (Å²) in [6, 6.07) is 10.4. The van der Waals surface area contributed by atoms with Crippen molar-refractivity contribution >= 4 is 11.8 Å². The van der Waals surface area contributed by atoms with E-state index in [2.05, 4.69) is 12.2 Å². The third-order valence-electron chi connectivity index (χ3n) is 5.96. The largest absolute Gasteiger partial charge is 0.353 e. The van der Waals surface area contributed by atoms with Crippen LogP contribution in [0.1, 0.15) is 69.8 Å². The molecule has 0 bridgehead atoms. The van der Waals surface area contributed by atoms with E-state index >= 15 is 0 Å². The van der Waals surface area contributed by atoms with Crippen molar-refractivity contribution in [3.8, 4) is 0 Å². The SMILES string of the molecule is CCC(C(=O)N1CCCC(C(=O)NC2CCCCC2)C1)c1ccccc1. The Morgan fingerprint density at radius 3 is 2.50 bits per heavy atom. The first kappa shape index (κ1) is 18.9. The Kier molecular flexibility index (Phi) is 6.70. The van der Waals surface area contributed by atoms with Gasteiger partial charge in [0.2, 0.25) is 11.8 Å². The molecule has 1 aliphatic carbocycles. The molecule has 1 heterocycles. The Hall–Kier alpha value is -1.84. The van der Waals surface area contributed by atoms with Crippen molar-refractivity contribution in [1.29, 1.82) is 0 Å². The quantitative estimate of drug-likeness (QED) is 0.871. The summed E-state index contributed by atoms with van der Waals surface area (Å²) in [5.41, 5.74) is 1.08. The van der Waals surface area contributed by atoms with Gasteiger partial charge in [-0.15, -0.1) is 0 Å². The van der Waals surface area contributed by atoms with E-state index in [0.717, 1.165) is 44.2 Å². The first-order valence-electron chi connectivity index (χ1n) is 10.3. The number of amides is 2. The molecular formula is C22H32N2O2. The molecule has 4 nitrogen and oxygen atoms in total. The summed E-state index contributed by atoms with van der Waals surface area (Å²) in [6.07, 6.45) is 8.53. The van der Waals surface area contributed by atoms with Gasteiger partial charge in [0.1, 0.15) is 0 Å². The summed E-state index contributed by atoms with van der Waals surface area (Å²) in [7, 11) is 0. The molecule has 0 spiro atoms. The van der Waals surface area contributed by atoms with Crippen LogP contribution in [-0.2, 0) is 9.59 Å². The van der Waals surface area contributed by atoms with E-state index in [9.17, 15) is 9.59 Å². The number of hydrogen-bond acceptors (Lipinski definition) is 2.